The average molecular weight is 343 g/mol. The highest BCUT2D eigenvalue weighted by molar-refractivity contribution is 5.95. The first-order valence-corrected chi connectivity index (χ1v) is 7.42. The molecule has 130 valence electrons. The van der Waals surface area contributed by atoms with Crippen LogP contribution >= 0.6 is 0 Å². The molecule has 0 unspecified atom stereocenters. The minimum atomic E-state index is -0.307. The Morgan fingerprint density at radius 1 is 1.24 bits per heavy atom. The Bertz CT molecular complexity index is 864. The Balaban J connectivity index is 1.67. The van der Waals surface area contributed by atoms with E-state index >= 15 is 0 Å². The first-order valence-electron chi connectivity index (χ1n) is 7.42. The van der Waals surface area contributed by atoms with E-state index in [9.17, 15) is 4.79 Å². The maximum atomic E-state index is 12.3. The largest absolute Gasteiger partial charge is 0.497 e. The molecule has 0 aliphatic rings. The topological polar surface area (TPSA) is 104 Å². The lowest BCUT2D eigenvalue weighted by atomic mass is 10.2. The monoisotopic (exact) mass is 343 g/mol. The summed E-state index contributed by atoms with van der Waals surface area (Å²) in [4.78, 5) is 16.5. The fourth-order valence-electron chi connectivity index (χ4n) is 2.18. The van der Waals surface area contributed by atoms with Crippen LogP contribution in [0.4, 0.5) is 0 Å². The number of carbonyl (C=O) groups excluding carboxylic acids is 1. The molecule has 0 aliphatic carbocycles. The van der Waals surface area contributed by atoms with E-state index in [1.165, 1.54) is 14.2 Å². The van der Waals surface area contributed by atoms with Gasteiger partial charge in [0, 0.05) is 24.9 Å². The van der Waals surface area contributed by atoms with Crippen molar-refractivity contribution >= 4 is 5.91 Å². The highest BCUT2D eigenvalue weighted by Crippen LogP contribution is 2.22. The van der Waals surface area contributed by atoms with Crippen molar-refractivity contribution in [3.8, 4) is 22.9 Å². The summed E-state index contributed by atoms with van der Waals surface area (Å²) in [6, 6.07) is 4.93. The van der Waals surface area contributed by atoms with Crippen molar-refractivity contribution in [1.82, 2.24) is 25.2 Å². The van der Waals surface area contributed by atoms with Crippen molar-refractivity contribution in [2.75, 3.05) is 14.2 Å². The summed E-state index contributed by atoms with van der Waals surface area (Å²) in [5.41, 5.74) is 1.14. The average Bonchev–Trinajstić information content (AvgIpc) is 3.27. The van der Waals surface area contributed by atoms with Crippen LogP contribution in [-0.4, -0.2) is 40.0 Å². The van der Waals surface area contributed by atoms with Gasteiger partial charge in [0.2, 0.25) is 11.7 Å². The van der Waals surface area contributed by atoms with Crippen molar-refractivity contribution in [2.45, 2.75) is 6.54 Å². The molecule has 9 nitrogen and oxygen atoms in total. The molecule has 9 heteroatoms. The first-order chi connectivity index (χ1) is 12.1. The second kappa shape index (κ2) is 7.04. The molecule has 3 rings (SSSR count). The summed E-state index contributed by atoms with van der Waals surface area (Å²) in [5, 5.41) is 10.6. The summed E-state index contributed by atoms with van der Waals surface area (Å²) in [7, 11) is 4.84. The molecule has 1 N–H and O–H groups in total. The van der Waals surface area contributed by atoms with Gasteiger partial charge in [-0.3, -0.25) is 9.48 Å². The second-order valence-electron chi connectivity index (χ2n) is 5.20. The van der Waals surface area contributed by atoms with Gasteiger partial charge in [0.1, 0.15) is 11.5 Å². The number of rotatable bonds is 6. The molecular weight excluding hydrogens is 326 g/mol. The predicted octanol–water partition coefficient (Wildman–Crippen LogP) is 1.42. The molecule has 0 fully saturated rings. The van der Waals surface area contributed by atoms with E-state index < -0.39 is 0 Å². The Kier molecular flexibility index (Phi) is 4.64. The summed E-state index contributed by atoms with van der Waals surface area (Å²) >= 11 is 0. The quantitative estimate of drug-likeness (QED) is 0.721. The maximum Gasteiger partial charge on any atom is 0.251 e. The van der Waals surface area contributed by atoms with Crippen LogP contribution in [0.2, 0.25) is 0 Å². The lowest BCUT2D eigenvalue weighted by molar-refractivity contribution is 0.0945. The van der Waals surface area contributed by atoms with Gasteiger partial charge in [-0.15, -0.1) is 0 Å². The van der Waals surface area contributed by atoms with Crippen LogP contribution in [-0.2, 0) is 13.6 Å². The number of hydrogen-bond acceptors (Lipinski definition) is 7. The zero-order valence-corrected chi connectivity index (χ0v) is 14.0. The van der Waals surface area contributed by atoms with Crippen LogP contribution in [0.5, 0.6) is 11.5 Å². The number of nitrogens with zero attached hydrogens (tertiary/aromatic N) is 4. The highest BCUT2D eigenvalue weighted by atomic mass is 16.5. The summed E-state index contributed by atoms with van der Waals surface area (Å²) in [5.74, 6) is 1.46. The van der Waals surface area contributed by atoms with E-state index in [1.54, 1.807) is 42.3 Å². The minimum Gasteiger partial charge on any atom is -0.497 e. The molecule has 0 saturated carbocycles. The van der Waals surface area contributed by atoms with Crippen molar-refractivity contribution in [1.29, 1.82) is 0 Å². The number of hydrogen-bond donors (Lipinski definition) is 1. The lowest BCUT2D eigenvalue weighted by Gasteiger charge is -2.08. The second-order valence-corrected chi connectivity index (χ2v) is 5.20. The fraction of sp³-hybridized carbons (Fsp3) is 0.250. The van der Waals surface area contributed by atoms with Crippen LogP contribution in [0.15, 0.2) is 35.1 Å². The van der Waals surface area contributed by atoms with Gasteiger partial charge in [0.05, 0.1) is 32.5 Å². The van der Waals surface area contributed by atoms with Crippen LogP contribution in [0.25, 0.3) is 11.4 Å². The lowest BCUT2D eigenvalue weighted by Crippen LogP contribution is -2.23. The van der Waals surface area contributed by atoms with E-state index in [0.29, 0.717) is 28.8 Å². The van der Waals surface area contributed by atoms with Gasteiger partial charge in [-0.2, -0.15) is 10.1 Å². The normalized spacial score (nSPS) is 10.5. The van der Waals surface area contributed by atoms with Gasteiger partial charge in [0.15, 0.2) is 0 Å². The molecule has 2 heterocycles. The predicted molar refractivity (Wildman–Crippen MR) is 87.2 cm³/mol. The van der Waals surface area contributed by atoms with Crippen LogP contribution in [0, 0.1) is 0 Å². The molecule has 0 saturated heterocycles. The molecule has 2 aromatic heterocycles. The maximum absolute atomic E-state index is 12.3. The van der Waals surface area contributed by atoms with Crippen LogP contribution in [0.1, 0.15) is 16.2 Å². The molecular formula is C16H17N5O4. The third kappa shape index (κ3) is 3.77. The van der Waals surface area contributed by atoms with Crippen LogP contribution < -0.4 is 14.8 Å². The smallest absolute Gasteiger partial charge is 0.251 e. The number of aryl methyl sites for hydroxylation is 1. The van der Waals surface area contributed by atoms with Gasteiger partial charge in [-0.1, -0.05) is 5.16 Å². The first kappa shape index (κ1) is 16.5. The summed E-state index contributed by atoms with van der Waals surface area (Å²) < 4.78 is 17.1. The number of carbonyl (C=O) groups is 1. The van der Waals surface area contributed by atoms with E-state index in [4.69, 9.17) is 14.0 Å². The van der Waals surface area contributed by atoms with Crippen molar-refractivity contribution in [2.24, 2.45) is 7.05 Å². The number of methoxy groups -OCH3 is 2. The van der Waals surface area contributed by atoms with Crippen molar-refractivity contribution in [3.05, 3.63) is 42.0 Å². The standard InChI is InChI=1S/C16H17N5O4/c1-21-9-11(7-18-21)15-19-14(25-20-15)8-17-16(22)10-4-12(23-2)6-13(5-10)24-3/h4-7,9H,8H2,1-3H3,(H,17,22). The summed E-state index contributed by atoms with van der Waals surface area (Å²) in [6.45, 7) is 0.103. The van der Waals surface area contributed by atoms with Crippen molar-refractivity contribution in [3.63, 3.8) is 0 Å². The Morgan fingerprint density at radius 3 is 2.56 bits per heavy atom. The number of benzene rings is 1. The number of aromatic nitrogens is 4. The highest BCUT2D eigenvalue weighted by Gasteiger charge is 2.13. The van der Waals surface area contributed by atoms with E-state index in [1.807, 2.05) is 0 Å². The third-order valence-corrected chi connectivity index (χ3v) is 3.44. The SMILES string of the molecule is COc1cc(OC)cc(C(=O)NCc2nc(-c3cnn(C)c3)no2)c1. The Hall–Kier alpha value is -3.36. The molecule has 0 spiro atoms. The molecule has 1 aromatic carbocycles. The van der Waals surface area contributed by atoms with Gasteiger partial charge in [0.25, 0.3) is 5.91 Å². The van der Waals surface area contributed by atoms with Crippen LogP contribution in [0.3, 0.4) is 0 Å². The van der Waals surface area contributed by atoms with Crippen molar-refractivity contribution < 1.29 is 18.8 Å². The molecule has 0 bridgehead atoms. The molecule has 0 radical (unpaired) electrons. The van der Waals surface area contributed by atoms with Gasteiger partial charge in [-0.25, -0.2) is 0 Å². The number of ether oxygens (including phenoxy) is 2. The molecule has 25 heavy (non-hydrogen) atoms. The zero-order valence-electron chi connectivity index (χ0n) is 14.0. The Labute approximate surface area is 143 Å². The zero-order chi connectivity index (χ0) is 17.8. The van der Waals surface area contributed by atoms with E-state index in [-0.39, 0.29) is 12.5 Å². The third-order valence-electron chi connectivity index (χ3n) is 3.44. The number of nitrogens with one attached hydrogen (secondary N) is 1. The van der Waals surface area contributed by atoms with Gasteiger partial charge in [-0.05, 0) is 12.1 Å². The molecule has 0 atom stereocenters. The molecule has 1 amide bonds. The van der Waals surface area contributed by atoms with Gasteiger partial charge < -0.3 is 19.3 Å². The fourth-order valence-corrected chi connectivity index (χ4v) is 2.18. The van der Waals surface area contributed by atoms with E-state index in [0.717, 1.165) is 5.56 Å². The molecule has 0 aliphatic heterocycles. The van der Waals surface area contributed by atoms with Gasteiger partial charge >= 0.3 is 0 Å². The Morgan fingerprint density at radius 2 is 1.96 bits per heavy atom. The van der Waals surface area contributed by atoms with E-state index in [2.05, 4.69) is 20.6 Å². The number of amides is 1. The minimum absolute atomic E-state index is 0.103. The molecule has 3 aromatic rings. The summed E-state index contributed by atoms with van der Waals surface area (Å²) in [6.07, 6.45) is 3.41.